The van der Waals surface area contributed by atoms with Crippen molar-refractivity contribution in [3.8, 4) is 0 Å². The fourth-order valence-electron chi connectivity index (χ4n) is 1.80. The summed E-state index contributed by atoms with van der Waals surface area (Å²) >= 11 is 0. The van der Waals surface area contributed by atoms with Gasteiger partial charge in [0, 0.05) is 25.2 Å². The standard InChI is InChI=1S/C11H18F3N3O2/c1-10(2,3)16-8(18)7-6-15-4-5-17(7)9(19)11(12,13)14/h7,15H,4-6H2,1-3H3,(H,16,18)/t7-/m0/s1. The van der Waals surface area contributed by atoms with E-state index in [0.29, 0.717) is 4.90 Å². The van der Waals surface area contributed by atoms with Crippen LogP contribution in [-0.2, 0) is 9.59 Å². The molecule has 1 aliphatic heterocycles. The molecule has 0 aliphatic carbocycles. The number of rotatable bonds is 1. The molecule has 1 rings (SSSR count). The van der Waals surface area contributed by atoms with E-state index in [-0.39, 0.29) is 19.6 Å². The Bertz CT molecular complexity index is 363. The largest absolute Gasteiger partial charge is 0.471 e. The van der Waals surface area contributed by atoms with Crippen molar-refractivity contribution in [2.75, 3.05) is 19.6 Å². The SMILES string of the molecule is CC(C)(C)NC(=O)[C@@H]1CNCCN1C(=O)C(F)(F)F. The van der Waals surface area contributed by atoms with Crippen LogP contribution in [0.5, 0.6) is 0 Å². The zero-order valence-corrected chi connectivity index (χ0v) is 11.1. The lowest BCUT2D eigenvalue weighted by molar-refractivity contribution is -0.189. The summed E-state index contributed by atoms with van der Waals surface area (Å²) in [6.07, 6.45) is -4.96. The lowest BCUT2D eigenvalue weighted by Gasteiger charge is -2.37. The molecule has 5 nitrogen and oxygen atoms in total. The van der Waals surface area contributed by atoms with Crippen molar-refractivity contribution in [3.63, 3.8) is 0 Å². The number of carbonyl (C=O) groups excluding carboxylic acids is 2. The van der Waals surface area contributed by atoms with Crippen molar-refractivity contribution in [2.45, 2.75) is 38.5 Å². The second kappa shape index (κ2) is 5.36. The predicted molar refractivity (Wildman–Crippen MR) is 62.3 cm³/mol. The van der Waals surface area contributed by atoms with Crippen LogP contribution in [0.3, 0.4) is 0 Å². The molecule has 1 saturated heterocycles. The van der Waals surface area contributed by atoms with Crippen LogP contribution in [0.4, 0.5) is 13.2 Å². The van der Waals surface area contributed by atoms with Gasteiger partial charge in [-0.3, -0.25) is 9.59 Å². The molecule has 0 aromatic rings. The molecular weight excluding hydrogens is 263 g/mol. The van der Waals surface area contributed by atoms with E-state index >= 15 is 0 Å². The number of halogens is 3. The Morgan fingerprint density at radius 3 is 2.32 bits per heavy atom. The zero-order chi connectivity index (χ0) is 14.8. The first-order chi connectivity index (χ1) is 8.52. The third-order valence-corrected chi connectivity index (χ3v) is 2.55. The van der Waals surface area contributed by atoms with Gasteiger partial charge in [0.05, 0.1) is 0 Å². The highest BCUT2D eigenvalue weighted by Gasteiger charge is 2.47. The van der Waals surface area contributed by atoms with Gasteiger partial charge in [-0.1, -0.05) is 0 Å². The molecule has 2 N–H and O–H groups in total. The van der Waals surface area contributed by atoms with Crippen molar-refractivity contribution in [3.05, 3.63) is 0 Å². The molecule has 0 bridgehead atoms. The van der Waals surface area contributed by atoms with Gasteiger partial charge in [-0.15, -0.1) is 0 Å². The lowest BCUT2D eigenvalue weighted by atomic mass is 10.1. The summed E-state index contributed by atoms with van der Waals surface area (Å²) in [4.78, 5) is 23.8. The number of nitrogens with zero attached hydrogens (tertiary/aromatic N) is 1. The van der Waals surface area contributed by atoms with Gasteiger partial charge in [-0.25, -0.2) is 0 Å². The van der Waals surface area contributed by atoms with E-state index < -0.39 is 29.6 Å². The molecule has 110 valence electrons. The maximum absolute atomic E-state index is 12.5. The van der Waals surface area contributed by atoms with E-state index in [0.717, 1.165) is 0 Å². The smallest absolute Gasteiger partial charge is 0.350 e. The number of hydrogen-bond donors (Lipinski definition) is 2. The summed E-state index contributed by atoms with van der Waals surface area (Å²) in [6.45, 7) is 5.27. The molecule has 0 radical (unpaired) electrons. The number of piperazine rings is 1. The van der Waals surface area contributed by atoms with Gasteiger partial charge in [0.2, 0.25) is 5.91 Å². The van der Waals surface area contributed by atoms with Crippen LogP contribution in [0.2, 0.25) is 0 Å². The van der Waals surface area contributed by atoms with Crippen molar-refractivity contribution in [2.24, 2.45) is 0 Å². The quantitative estimate of drug-likeness (QED) is 0.725. The van der Waals surface area contributed by atoms with Gasteiger partial charge in [0.1, 0.15) is 6.04 Å². The van der Waals surface area contributed by atoms with E-state index in [1.807, 2.05) is 0 Å². The summed E-state index contributed by atoms with van der Waals surface area (Å²) < 4.78 is 37.4. The first-order valence-electron chi connectivity index (χ1n) is 5.93. The number of nitrogens with one attached hydrogen (secondary N) is 2. The maximum atomic E-state index is 12.5. The fraction of sp³-hybridized carbons (Fsp3) is 0.818. The molecule has 2 amide bonds. The van der Waals surface area contributed by atoms with Crippen LogP contribution in [0, 0.1) is 0 Å². The number of amides is 2. The Hall–Kier alpha value is -1.31. The van der Waals surface area contributed by atoms with Crippen molar-refractivity contribution in [1.29, 1.82) is 0 Å². The predicted octanol–water partition coefficient (Wildman–Crippen LogP) is 0.264. The Morgan fingerprint density at radius 1 is 1.26 bits per heavy atom. The Kier molecular flexibility index (Phi) is 4.44. The normalized spacial score (nSPS) is 21.2. The van der Waals surface area contributed by atoms with E-state index in [4.69, 9.17) is 0 Å². The average Bonchev–Trinajstić information content (AvgIpc) is 2.24. The van der Waals surface area contributed by atoms with Gasteiger partial charge >= 0.3 is 12.1 Å². The summed E-state index contributed by atoms with van der Waals surface area (Å²) in [5, 5.41) is 5.40. The average molecular weight is 281 g/mol. The van der Waals surface area contributed by atoms with E-state index in [2.05, 4.69) is 10.6 Å². The van der Waals surface area contributed by atoms with Gasteiger partial charge in [-0.2, -0.15) is 13.2 Å². The van der Waals surface area contributed by atoms with E-state index in [1.165, 1.54) is 0 Å². The molecule has 0 aromatic carbocycles. The minimum Gasteiger partial charge on any atom is -0.350 e. The lowest BCUT2D eigenvalue weighted by Crippen LogP contribution is -2.63. The summed E-state index contributed by atoms with van der Waals surface area (Å²) in [5.41, 5.74) is -0.568. The highest BCUT2D eigenvalue weighted by atomic mass is 19.4. The molecule has 1 aliphatic rings. The number of carbonyl (C=O) groups is 2. The first kappa shape index (κ1) is 15.7. The zero-order valence-electron chi connectivity index (χ0n) is 11.1. The third kappa shape index (κ3) is 4.38. The maximum Gasteiger partial charge on any atom is 0.471 e. The van der Waals surface area contributed by atoms with Crippen LogP contribution in [0.25, 0.3) is 0 Å². The van der Waals surface area contributed by atoms with Crippen LogP contribution in [0.15, 0.2) is 0 Å². The van der Waals surface area contributed by atoms with Crippen molar-refractivity contribution < 1.29 is 22.8 Å². The van der Waals surface area contributed by atoms with Crippen molar-refractivity contribution in [1.82, 2.24) is 15.5 Å². The van der Waals surface area contributed by atoms with Gasteiger partial charge in [0.15, 0.2) is 0 Å². The summed E-state index contributed by atoms with van der Waals surface area (Å²) in [7, 11) is 0. The molecule has 1 heterocycles. The van der Waals surface area contributed by atoms with E-state index in [1.54, 1.807) is 20.8 Å². The van der Waals surface area contributed by atoms with E-state index in [9.17, 15) is 22.8 Å². The van der Waals surface area contributed by atoms with Crippen LogP contribution in [0.1, 0.15) is 20.8 Å². The van der Waals surface area contributed by atoms with Gasteiger partial charge in [0.25, 0.3) is 0 Å². The molecule has 1 fully saturated rings. The van der Waals surface area contributed by atoms with Crippen LogP contribution in [-0.4, -0.2) is 54.1 Å². The second-order valence-electron chi connectivity index (χ2n) is 5.46. The van der Waals surface area contributed by atoms with Crippen LogP contribution >= 0.6 is 0 Å². The van der Waals surface area contributed by atoms with Gasteiger partial charge in [-0.05, 0) is 20.8 Å². The second-order valence-corrected chi connectivity index (χ2v) is 5.46. The number of alkyl halides is 3. The summed E-state index contributed by atoms with van der Waals surface area (Å²) in [5.74, 6) is -2.56. The first-order valence-corrected chi connectivity index (χ1v) is 5.93. The molecule has 0 saturated carbocycles. The molecule has 0 aromatic heterocycles. The minimum atomic E-state index is -4.96. The van der Waals surface area contributed by atoms with Gasteiger partial charge < -0.3 is 15.5 Å². The Labute approximate surface area is 109 Å². The molecular formula is C11H18F3N3O2. The molecule has 0 unspecified atom stereocenters. The van der Waals surface area contributed by atoms with Crippen LogP contribution < -0.4 is 10.6 Å². The Balaban J connectivity index is 2.84. The highest BCUT2D eigenvalue weighted by Crippen LogP contribution is 2.21. The van der Waals surface area contributed by atoms with Crippen molar-refractivity contribution >= 4 is 11.8 Å². The Morgan fingerprint density at radius 2 is 1.84 bits per heavy atom. The topological polar surface area (TPSA) is 61.4 Å². The number of hydrogen-bond acceptors (Lipinski definition) is 3. The molecule has 8 heteroatoms. The third-order valence-electron chi connectivity index (χ3n) is 2.55. The summed E-state index contributed by atoms with van der Waals surface area (Å²) in [6, 6.07) is -1.14. The minimum absolute atomic E-state index is 0.0176. The fourth-order valence-corrected chi connectivity index (χ4v) is 1.80. The molecule has 19 heavy (non-hydrogen) atoms. The molecule has 1 atom stereocenters. The molecule has 0 spiro atoms. The highest BCUT2D eigenvalue weighted by molar-refractivity contribution is 5.90. The monoisotopic (exact) mass is 281 g/mol.